The zero-order chi connectivity index (χ0) is 16.9. The lowest BCUT2D eigenvalue weighted by Gasteiger charge is -2.52. The maximum atomic E-state index is 12.8. The summed E-state index contributed by atoms with van der Waals surface area (Å²) in [5, 5.41) is 9.63. The Hall–Kier alpha value is -2.82. The van der Waals surface area contributed by atoms with Crippen molar-refractivity contribution >= 4 is 11.9 Å². The van der Waals surface area contributed by atoms with E-state index in [0.717, 1.165) is 11.1 Å². The van der Waals surface area contributed by atoms with Gasteiger partial charge in [0.05, 0.1) is 0 Å². The Labute approximate surface area is 139 Å². The first-order valence-electron chi connectivity index (χ1n) is 7.88. The van der Waals surface area contributed by atoms with Crippen molar-refractivity contribution in [2.24, 2.45) is 5.92 Å². The van der Waals surface area contributed by atoms with Crippen molar-refractivity contribution in [3.05, 3.63) is 65.7 Å². The molecule has 2 aromatic carbocycles. The van der Waals surface area contributed by atoms with Crippen LogP contribution in [0.1, 0.15) is 23.5 Å². The number of rotatable bonds is 2. The molecule has 2 bridgehead atoms. The number of carbonyl (C=O) groups excluding carboxylic acids is 1. The van der Waals surface area contributed by atoms with Crippen molar-refractivity contribution in [2.45, 2.75) is 18.1 Å². The fourth-order valence-corrected chi connectivity index (χ4v) is 3.92. The second-order valence-electron chi connectivity index (χ2n) is 6.31. The molecular weight excluding hydrogens is 306 g/mol. The third-order valence-electron chi connectivity index (χ3n) is 5.13. The molecule has 1 fully saturated rings. The lowest BCUT2D eigenvalue weighted by Crippen LogP contribution is -2.61. The van der Waals surface area contributed by atoms with Crippen molar-refractivity contribution < 1.29 is 19.4 Å². The Morgan fingerprint density at radius 2 is 1.83 bits per heavy atom. The predicted molar refractivity (Wildman–Crippen MR) is 86.4 cm³/mol. The number of nitrogens with zero attached hydrogens (tertiary/aromatic N) is 1. The summed E-state index contributed by atoms with van der Waals surface area (Å²) in [6.07, 6.45) is 0.424. The average molecular weight is 323 g/mol. The van der Waals surface area contributed by atoms with Crippen molar-refractivity contribution in [3.63, 3.8) is 0 Å². The van der Waals surface area contributed by atoms with Crippen LogP contribution in [0.5, 0.6) is 5.75 Å². The van der Waals surface area contributed by atoms with Crippen LogP contribution in [0.3, 0.4) is 0 Å². The summed E-state index contributed by atoms with van der Waals surface area (Å²) in [5.41, 5.74) is 0.672. The summed E-state index contributed by atoms with van der Waals surface area (Å²) in [6.45, 7) is 0. The SMILES string of the molecule is CN1C(=O)C(C(=O)O)C2CC1(c1ccccc1)Oc1ccccc12. The highest BCUT2D eigenvalue weighted by Gasteiger charge is 2.57. The van der Waals surface area contributed by atoms with Crippen LogP contribution in [0.25, 0.3) is 0 Å². The van der Waals surface area contributed by atoms with Crippen LogP contribution < -0.4 is 4.74 Å². The molecule has 0 radical (unpaired) electrons. The number of carboxylic acid groups (broad SMARTS) is 1. The number of aliphatic carboxylic acids is 1. The standard InChI is InChI=1S/C19H17NO4/c1-20-17(21)16(18(22)23)14-11-19(20,12-7-3-2-4-8-12)24-15-10-6-5-9-13(14)15/h2-10,14,16H,11H2,1H3,(H,22,23). The van der Waals surface area contributed by atoms with E-state index in [-0.39, 0.29) is 0 Å². The number of hydrogen-bond donors (Lipinski definition) is 1. The number of carbonyl (C=O) groups is 2. The smallest absolute Gasteiger partial charge is 0.316 e. The Morgan fingerprint density at radius 3 is 2.54 bits per heavy atom. The van der Waals surface area contributed by atoms with Gasteiger partial charge in [-0.05, 0) is 11.6 Å². The highest BCUT2D eigenvalue weighted by atomic mass is 16.5. The highest BCUT2D eigenvalue weighted by molar-refractivity contribution is 5.99. The molecule has 2 heterocycles. The average Bonchev–Trinajstić information content (AvgIpc) is 2.60. The minimum atomic E-state index is -1.09. The van der Waals surface area contributed by atoms with Crippen molar-refractivity contribution in [1.29, 1.82) is 0 Å². The molecule has 5 heteroatoms. The second kappa shape index (κ2) is 5.09. The van der Waals surface area contributed by atoms with Gasteiger partial charge in [0.25, 0.3) is 0 Å². The molecule has 5 nitrogen and oxygen atoms in total. The first kappa shape index (κ1) is 14.8. The summed E-state index contributed by atoms with van der Waals surface area (Å²) >= 11 is 0. The summed E-state index contributed by atoms with van der Waals surface area (Å²) in [4.78, 5) is 26.1. The van der Waals surface area contributed by atoms with E-state index in [1.165, 1.54) is 4.90 Å². The summed E-state index contributed by atoms with van der Waals surface area (Å²) in [5.74, 6) is -2.36. The fraction of sp³-hybridized carbons (Fsp3) is 0.263. The van der Waals surface area contributed by atoms with E-state index in [4.69, 9.17) is 4.74 Å². The van der Waals surface area contributed by atoms with Gasteiger partial charge < -0.3 is 14.7 Å². The van der Waals surface area contributed by atoms with Crippen molar-refractivity contribution in [1.82, 2.24) is 4.90 Å². The zero-order valence-corrected chi connectivity index (χ0v) is 13.2. The molecule has 2 aromatic rings. The number of para-hydroxylation sites is 1. The molecule has 3 atom stereocenters. The summed E-state index contributed by atoms with van der Waals surface area (Å²) in [7, 11) is 1.62. The van der Waals surface area contributed by atoms with Crippen molar-refractivity contribution in [2.75, 3.05) is 7.05 Å². The Morgan fingerprint density at radius 1 is 1.17 bits per heavy atom. The molecule has 0 aliphatic carbocycles. The van der Waals surface area contributed by atoms with Gasteiger partial charge in [-0.2, -0.15) is 0 Å². The number of amides is 1. The Bertz CT molecular complexity index is 819. The predicted octanol–water partition coefficient (Wildman–Crippen LogP) is 2.58. The number of likely N-dealkylation sites (tertiary alicyclic amines) is 1. The first-order valence-corrected chi connectivity index (χ1v) is 7.88. The van der Waals surface area contributed by atoms with Crippen LogP contribution in [-0.4, -0.2) is 28.9 Å². The first-order chi connectivity index (χ1) is 11.5. The quantitative estimate of drug-likeness (QED) is 0.863. The van der Waals surface area contributed by atoms with Gasteiger partial charge in [-0.15, -0.1) is 0 Å². The van der Waals surface area contributed by atoms with Crippen LogP contribution in [0.4, 0.5) is 0 Å². The van der Waals surface area contributed by atoms with E-state index in [2.05, 4.69) is 0 Å². The molecule has 122 valence electrons. The van der Waals surface area contributed by atoms with Gasteiger partial charge in [-0.1, -0.05) is 48.5 Å². The van der Waals surface area contributed by atoms with E-state index in [1.807, 2.05) is 54.6 Å². The lowest BCUT2D eigenvalue weighted by molar-refractivity contribution is -0.182. The molecule has 2 aliphatic heterocycles. The molecule has 0 aromatic heterocycles. The van der Waals surface area contributed by atoms with Crippen molar-refractivity contribution in [3.8, 4) is 5.75 Å². The van der Waals surface area contributed by atoms with Crippen LogP contribution in [0, 0.1) is 5.92 Å². The highest BCUT2D eigenvalue weighted by Crippen LogP contribution is 2.53. The summed E-state index contributed by atoms with van der Waals surface area (Å²) < 4.78 is 6.30. The molecule has 1 N–H and O–H groups in total. The topological polar surface area (TPSA) is 66.8 Å². The largest absolute Gasteiger partial charge is 0.481 e. The molecule has 0 spiro atoms. The van der Waals surface area contributed by atoms with E-state index < -0.39 is 29.4 Å². The molecule has 1 saturated heterocycles. The van der Waals surface area contributed by atoms with Gasteiger partial charge in [0.15, 0.2) is 0 Å². The van der Waals surface area contributed by atoms with Gasteiger partial charge in [0, 0.05) is 24.9 Å². The molecule has 0 saturated carbocycles. The van der Waals surface area contributed by atoms with Gasteiger partial charge in [-0.3, -0.25) is 9.59 Å². The van der Waals surface area contributed by atoms with Crippen LogP contribution in [0.2, 0.25) is 0 Å². The van der Waals surface area contributed by atoms with Gasteiger partial charge in [0.1, 0.15) is 11.7 Å². The zero-order valence-electron chi connectivity index (χ0n) is 13.2. The monoisotopic (exact) mass is 323 g/mol. The van der Waals surface area contributed by atoms with Crippen LogP contribution in [-0.2, 0) is 15.3 Å². The molecule has 2 aliphatic rings. The van der Waals surface area contributed by atoms with E-state index in [1.54, 1.807) is 7.05 Å². The third kappa shape index (κ3) is 1.87. The van der Waals surface area contributed by atoms with Gasteiger partial charge in [-0.25, -0.2) is 0 Å². The van der Waals surface area contributed by atoms with Crippen LogP contribution >= 0.6 is 0 Å². The summed E-state index contributed by atoms with van der Waals surface area (Å²) in [6, 6.07) is 16.9. The number of ether oxygens (including phenoxy) is 1. The fourth-order valence-electron chi connectivity index (χ4n) is 3.92. The number of hydrogen-bond acceptors (Lipinski definition) is 3. The molecular formula is C19H17NO4. The number of benzene rings is 2. The van der Waals surface area contributed by atoms with E-state index >= 15 is 0 Å². The van der Waals surface area contributed by atoms with E-state index in [9.17, 15) is 14.7 Å². The van der Waals surface area contributed by atoms with Crippen LogP contribution in [0.15, 0.2) is 54.6 Å². The third-order valence-corrected chi connectivity index (χ3v) is 5.13. The Kier molecular flexibility index (Phi) is 3.13. The lowest BCUT2D eigenvalue weighted by atomic mass is 9.72. The maximum absolute atomic E-state index is 12.8. The molecule has 4 rings (SSSR count). The van der Waals surface area contributed by atoms with E-state index in [0.29, 0.717) is 12.2 Å². The van der Waals surface area contributed by atoms with Gasteiger partial charge in [0.2, 0.25) is 11.6 Å². The molecule has 24 heavy (non-hydrogen) atoms. The molecule has 3 unspecified atom stereocenters. The molecule has 1 amide bonds. The second-order valence-corrected chi connectivity index (χ2v) is 6.31. The normalized spacial score (nSPS) is 28.0. The Balaban J connectivity index is 1.95. The number of carboxylic acids is 1. The maximum Gasteiger partial charge on any atom is 0.316 e. The minimum Gasteiger partial charge on any atom is -0.481 e. The number of fused-ring (bicyclic) bond motifs is 4. The minimum absolute atomic E-state index is 0.406. The van der Waals surface area contributed by atoms with Gasteiger partial charge >= 0.3 is 5.97 Å². The number of piperidine rings is 1.